The highest BCUT2D eigenvalue weighted by Gasteiger charge is 1.89. The molecule has 0 aliphatic heterocycles. The van der Waals surface area contributed by atoms with Crippen molar-refractivity contribution in [2.45, 2.75) is 27.2 Å². The Hall–Kier alpha value is -1.51. The van der Waals surface area contributed by atoms with Gasteiger partial charge in [0.05, 0.1) is 0 Å². The first-order chi connectivity index (χ1) is 6.47. The van der Waals surface area contributed by atoms with E-state index in [-0.39, 0.29) is 6.42 Å². The highest BCUT2D eigenvalue weighted by atomic mass is 16.4. The Morgan fingerprint density at radius 1 is 1.43 bits per heavy atom. The van der Waals surface area contributed by atoms with Crippen molar-refractivity contribution in [3.05, 3.63) is 29.3 Å². The molecule has 0 fully saturated rings. The average Bonchev–Trinajstić information content (AvgIpc) is 2.13. The molecule has 0 spiro atoms. The van der Waals surface area contributed by atoms with E-state index in [9.17, 15) is 4.79 Å². The molecule has 0 atom stereocenters. The molecule has 1 aromatic carbocycles. The van der Waals surface area contributed by atoms with E-state index in [1.54, 1.807) is 6.92 Å². The molecule has 0 aliphatic rings. The summed E-state index contributed by atoms with van der Waals surface area (Å²) in [6.07, 6.45) is 0.222. The molecule has 0 amide bonds. The number of hydrogen-bond acceptors (Lipinski definition) is 2. The van der Waals surface area contributed by atoms with Crippen LogP contribution in [0.25, 0.3) is 0 Å². The first kappa shape index (κ1) is 12.5. The van der Waals surface area contributed by atoms with E-state index >= 15 is 0 Å². The van der Waals surface area contributed by atoms with Gasteiger partial charge in [-0.15, -0.1) is 0 Å². The zero-order chi connectivity index (χ0) is 11.1. The van der Waals surface area contributed by atoms with Crippen LogP contribution in [0.3, 0.4) is 0 Å². The molecule has 1 rings (SSSR count). The molecule has 0 aliphatic carbocycles. The van der Waals surface area contributed by atoms with Crippen LogP contribution in [0.4, 0.5) is 5.69 Å². The van der Waals surface area contributed by atoms with Gasteiger partial charge in [-0.3, -0.25) is 4.79 Å². The van der Waals surface area contributed by atoms with Crippen LogP contribution in [0, 0.1) is 13.8 Å². The lowest BCUT2D eigenvalue weighted by Gasteiger charge is -1.98. The fraction of sp³-hybridized carbons (Fsp3) is 0.364. The number of aryl methyl sites for hydroxylation is 2. The first-order valence-corrected chi connectivity index (χ1v) is 4.52. The van der Waals surface area contributed by atoms with E-state index in [1.807, 2.05) is 19.1 Å². The summed E-state index contributed by atoms with van der Waals surface area (Å²) >= 11 is 0. The van der Waals surface area contributed by atoms with Gasteiger partial charge in [-0.1, -0.05) is 24.6 Å². The smallest absolute Gasteiger partial charge is 0.303 e. The molecule has 0 radical (unpaired) electrons. The van der Waals surface area contributed by atoms with Crippen LogP contribution in [-0.4, -0.2) is 11.1 Å². The molecule has 0 heterocycles. The van der Waals surface area contributed by atoms with E-state index in [1.165, 1.54) is 5.56 Å². The van der Waals surface area contributed by atoms with Crippen molar-refractivity contribution >= 4 is 11.7 Å². The maximum atomic E-state index is 9.37. The summed E-state index contributed by atoms with van der Waals surface area (Å²) in [5.74, 6) is -0.745. The van der Waals surface area contributed by atoms with Gasteiger partial charge in [-0.2, -0.15) is 0 Å². The number of carboxylic acids is 1. The van der Waals surface area contributed by atoms with Gasteiger partial charge in [-0.25, -0.2) is 0 Å². The number of nitrogen functional groups attached to an aromatic ring is 1. The summed E-state index contributed by atoms with van der Waals surface area (Å²) in [4.78, 5) is 9.37. The molecular weight excluding hydrogens is 178 g/mol. The van der Waals surface area contributed by atoms with Gasteiger partial charge >= 0.3 is 5.97 Å². The second kappa shape index (κ2) is 6.02. The Morgan fingerprint density at radius 3 is 2.21 bits per heavy atom. The molecule has 3 heteroatoms. The summed E-state index contributed by atoms with van der Waals surface area (Å²) in [5, 5.41) is 7.72. The molecule has 0 bridgehead atoms. The van der Waals surface area contributed by atoms with Gasteiger partial charge < -0.3 is 10.8 Å². The molecule has 3 nitrogen and oxygen atoms in total. The van der Waals surface area contributed by atoms with Gasteiger partial charge in [0.15, 0.2) is 0 Å². The molecular formula is C11H17NO2. The molecule has 0 aromatic heterocycles. The molecule has 3 N–H and O–H groups in total. The predicted molar refractivity (Wildman–Crippen MR) is 58.3 cm³/mol. The average molecular weight is 195 g/mol. The second-order valence-corrected chi connectivity index (χ2v) is 3.11. The lowest BCUT2D eigenvalue weighted by atomic mass is 10.1. The molecule has 14 heavy (non-hydrogen) atoms. The highest BCUT2D eigenvalue weighted by molar-refractivity contribution is 5.66. The number of rotatable bonds is 1. The quantitative estimate of drug-likeness (QED) is 0.676. The minimum absolute atomic E-state index is 0.222. The van der Waals surface area contributed by atoms with Crippen molar-refractivity contribution in [1.29, 1.82) is 0 Å². The van der Waals surface area contributed by atoms with Gasteiger partial charge in [-0.05, 0) is 25.5 Å². The second-order valence-electron chi connectivity index (χ2n) is 3.11. The minimum atomic E-state index is -0.745. The van der Waals surface area contributed by atoms with Crippen LogP contribution < -0.4 is 5.73 Å². The van der Waals surface area contributed by atoms with E-state index in [2.05, 4.69) is 13.0 Å². The first-order valence-electron chi connectivity index (χ1n) is 4.52. The Balaban J connectivity index is 0.000000292. The van der Waals surface area contributed by atoms with E-state index < -0.39 is 5.97 Å². The number of carbonyl (C=O) groups is 1. The summed E-state index contributed by atoms with van der Waals surface area (Å²) < 4.78 is 0. The third-order valence-corrected chi connectivity index (χ3v) is 1.73. The van der Waals surface area contributed by atoms with Crippen LogP contribution in [0.2, 0.25) is 0 Å². The standard InChI is InChI=1S/C8H11N.C3H6O2/c1-6-3-4-8(9)7(2)5-6;1-2-3(4)5/h3-5H,9H2,1-2H3;2H2,1H3,(H,4,5). The highest BCUT2D eigenvalue weighted by Crippen LogP contribution is 2.10. The van der Waals surface area contributed by atoms with Crippen molar-refractivity contribution in [2.75, 3.05) is 5.73 Å². The van der Waals surface area contributed by atoms with Gasteiger partial charge in [0.25, 0.3) is 0 Å². The third-order valence-electron chi connectivity index (χ3n) is 1.73. The number of nitrogens with two attached hydrogens (primary N) is 1. The van der Waals surface area contributed by atoms with Crippen LogP contribution in [-0.2, 0) is 4.79 Å². The zero-order valence-corrected chi connectivity index (χ0v) is 8.87. The summed E-state index contributed by atoms with van der Waals surface area (Å²) in [6, 6.07) is 6.03. The van der Waals surface area contributed by atoms with Gasteiger partial charge in [0.2, 0.25) is 0 Å². The summed E-state index contributed by atoms with van der Waals surface area (Å²) in [5.41, 5.74) is 8.89. The number of anilines is 1. The third kappa shape index (κ3) is 5.19. The SMILES string of the molecule is CCC(=O)O.Cc1ccc(N)c(C)c1. The molecule has 1 aromatic rings. The van der Waals surface area contributed by atoms with Crippen LogP contribution in [0.1, 0.15) is 24.5 Å². The van der Waals surface area contributed by atoms with Crippen molar-refractivity contribution in [3.8, 4) is 0 Å². The topological polar surface area (TPSA) is 63.3 Å². The maximum Gasteiger partial charge on any atom is 0.303 e. The van der Waals surface area contributed by atoms with E-state index in [0.717, 1.165) is 11.3 Å². The maximum absolute atomic E-state index is 9.37. The zero-order valence-electron chi connectivity index (χ0n) is 8.87. The molecule has 0 unspecified atom stereocenters. The van der Waals surface area contributed by atoms with Gasteiger partial charge in [0, 0.05) is 12.1 Å². The Labute approximate surface area is 84.6 Å². The fourth-order valence-corrected chi connectivity index (χ4v) is 0.826. The summed E-state index contributed by atoms with van der Waals surface area (Å²) in [7, 11) is 0. The number of carboxylic acid groups (broad SMARTS) is 1. The van der Waals surface area contributed by atoms with Crippen molar-refractivity contribution in [2.24, 2.45) is 0 Å². The lowest BCUT2D eigenvalue weighted by molar-refractivity contribution is -0.136. The van der Waals surface area contributed by atoms with E-state index in [4.69, 9.17) is 10.8 Å². The number of benzene rings is 1. The normalized spacial score (nSPS) is 8.79. The predicted octanol–water partition coefficient (Wildman–Crippen LogP) is 2.37. The van der Waals surface area contributed by atoms with Crippen LogP contribution in [0.15, 0.2) is 18.2 Å². The molecule has 0 saturated heterocycles. The molecule has 78 valence electrons. The number of hydrogen-bond donors (Lipinski definition) is 2. The molecule has 0 saturated carbocycles. The fourth-order valence-electron chi connectivity index (χ4n) is 0.826. The largest absolute Gasteiger partial charge is 0.481 e. The van der Waals surface area contributed by atoms with Crippen LogP contribution >= 0.6 is 0 Å². The Kier molecular flexibility index (Phi) is 5.37. The Morgan fingerprint density at radius 2 is 1.93 bits per heavy atom. The van der Waals surface area contributed by atoms with Crippen molar-refractivity contribution in [3.63, 3.8) is 0 Å². The van der Waals surface area contributed by atoms with Crippen molar-refractivity contribution < 1.29 is 9.90 Å². The van der Waals surface area contributed by atoms with Crippen molar-refractivity contribution in [1.82, 2.24) is 0 Å². The minimum Gasteiger partial charge on any atom is -0.481 e. The monoisotopic (exact) mass is 195 g/mol. The van der Waals surface area contributed by atoms with Crippen LogP contribution in [0.5, 0.6) is 0 Å². The van der Waals surface area contributed by atoms with Gasteiger partial charge in [0.1, 0.15) is 0 Å². The van der Waals surface area contributed by atoms with E-state index in [0.29, 0.717) is 0 Å². The number of aliphatic carboxylic acids is 1. The lowest BCUT2D eigenvalue weighted by Crippen LogP contribution is -1.88. The summed E-state index contributed by atoms with van der Waals surface area (Å²) in [6.45, 7) is 5.68. The Bertz CT molecular complexity index is 308.